The molecule has 10 heteroatoms. The average Bonchev–Trinajstić information content (AvgIpc) is 2.00. The zero-order valence-corrected chi connectivity index (χ0v) is 9.21. The molecule has 0 saturated carbocycles. The van der Waals surface area contributed by atoms with Gasteiger partial charge in [0.25, 0.3) is 0 Å². The maximum Gasteiger partial charge on any atom is 0.419 e. The summed E-state index contributed by atoms with van der Waals surface area (Å²) >= 11 is 0. The number of sulfone groups is 1. The Morgan fingerprint density at radius 2 is 1.73 bits per heavy atom. The van der Waals surface area contributed by atoms with E-state index in [-0.39, 0.29) is 24.6 Å². The highest BCUT2D eigenvalue weighted by atomic mass is 32.2. The Kier molecular flexibility index (Phi) is 3.21. The van der Waals surface area contributed by atoms with Crippen LogP contribution >= 0.6 is 0 Å². The number of rotatable bonds is 2. The van der Waals surface area contributed by atoms with Crippen LogP contribution < -0.4 is 4.72 Å². The second kappa shape index (κ2) is 3.94. The van der Waals surface area contributed by atoms with Gasteiger partial charge < -0.3 is 5.11 Å². The number of nitrogens with one attached hydrogen (secondary N) is 1. The maximum atomic E-state index is 11.2. The van der Waals surface area contributed by atoms with E-state index in [9.17, 15) is 21.6 Å². The summed E-state index contributed by atoms with van der Waals surface area (Å²) in [6.45, 7) is -0.435. The number of hydrogen-bond acceptors (Lipinski definition) is 5. The normalized spacial score (nSPS) is 22.1. The number of carboxylic acid groups (broad SMARTS) is 1. The van der Waals surface area contributed by atoms with E-state index in [4.69, 9.17) is 5.11 Å². The van der Waals surface area contributed by atoms with Gasteiger partial charge in [0.1, 0.15) is 0 Å². The molecule has 1 heterocycles. The maximum absolute atomic E-state index is 11.2. The van der Waals surface area contributed by atoms with Crippen molar-refractivity contribution < 1.29 is 26.7 Å². The van der Waals surface area contributed by atoms with Gasteiger partial charge in [-0.3, -0.25) is 0 Å². The Hall–Kier alpha value is -0.870. The van der Waals surface area contributed by atoms with E-state index in [0.29, 0.717) is 0 Å². The quantitative estimate of drug-likeness (QED) is 0.604. The van der Waals surface area contributed by atoms with Crippen LogP contribution in [0.15, 0.2) is 0 Å². The summed E-state index contributed by atoms with van der Waals surface area (Å²) in [5, 5.41) is 8.25. The van der Waals surface area contributed by atoms with Gasteiger partial charge >= 0.3 is 16.3 Å². The summed E-state index contributed by atoms with van der Waals surface area (Å²) < 4.78 is 46.6. The van der Waals surface area contributed by atoms with Crippen LogP contribution in [0.3, 0.4) is 0 Å². The Balaban J connectivity index is 2.72. The first-order valence-corrected chi connectivity index (χ1v) is 7.20. The summed E-state index contributed by atoms with van der Waals surface area (Å²) in [7, 11) is -7.30. The molecule has 2 N–H and O–H groups in total. The smallest absolute Gasteiger partial charge is 0.419 e. The summed E-state index contributed by atoms with van der Waals surface area (Å²) in [6, 6.07) is 0. The van der Waals surface area contributed by atoms with Crippen molar-refractivity contribution in [2.24, 2.45) is 0 Å². The van der Waals surface area contributed by atoms with Crippen LogP contribution in [0, 0.1) is 0 Å². The zero-order valence-electron chi connectivity index (χ0n) is 7.58. The largest absolute Gasteiger partial charge is 0.464 e. The van der Waals surface area contributed by atoms with E-state index in [1.807, 2.05) is 0 Å². The molecule has 15 heavy (non-hydrogen) atoms. The van der Waals surface area contributed by atoms with E-state index in [2.05, 4.69) is 0 Å². The Morgan fingerprint density at radius 3 is 2.13 bits per heavy atom. The summed E-state index contributed by atoms with van der Waals surface area (Å²) in [4.78, 5) is 10.1. The average molecular weight is 258 g/mol. The molecule has 0 radical (unpaired) electrons. The van der Waals surface area contributed by atoms with Gasteiger partial charge in [0.15, 0.2) is 9.84 Å². The third kappa shape index (κ3) is 3.32. The van der Waals surface area contributed by atoms with Crippen LogP contribution in [0.1, 0.15) is 0 Å². The van der Waals surface area contributed by atoms with Gasteiger partial charge in [-0.15, -0.1) is 0 Å². The van der Waals surface area contributed by atoms with Crippen LogP contribution in [-0.2, 0) is 20.0 Å². The first-order valence-electron chi connectivity index (χ1n) is 3.94. The van der Waals surface area contributed by atoms with Crippen molar-refractivity contribution in [1.29, 1.82) is 0 Å². The van der Waals surface area contributed by atoms with E-state index in [1.165, 1.54) is 4.72 Å². The molecule has 1 aliphatic heterocycles. The Bertz CT molecular complexity index is 438. The van der Waals surface area contributed by atoms with Crippen LogP contribution in [0.4, 0.5) is 4.79 Å². The lowest BCUT2D eigenvalue weighted by Crippen LogP contribution is -2.49. The molecule has 0 aromatic carbocycles. The van der Waals surface area contributed by atoms with Crippen LogP contribution in [-0.4, -0.2) is 56.9 Å². The summed E-state index contributed by atoms with van der Waals surface area (Å²) in [5.74, 6) is -0.568. The third-order valence-corrected chi connectivity index (χ3v) is 4.95. The minimum atomic E-state index is -4.11. The minimum Gasteiger partial charge on any atom is -0.464 e. The molecule has 0 unspecified atom stereocenters. The summed E-state index contributed by atoms with van der Waals surface area (Å²) in [5.41, 5.74) is 0. The number of hydrogen-bond donors (Lipinski definition) is 2. The number of nitrogens with zero attached hydrogens (tertiary/aromatic N) is 1. The lowest BCUT2D eigenvalue weighted by molar-refractivity contribution is 0.200. The molecule has 0 aromatic heterocycles. The van der Waals surface area contributed by atoms with Gasteiger partial charge in [-0.2, -0.15) is 12.7 Å². The molecule has 0 aromatic rings. The molecule has 88 valence electrons. The molecule has 1 saturated heterocycles. The molecule has 0 spiro atoms. The van der Waals surface area contributed by atoms with Crippen LogP contribution in [0.2, 0.25) is 0 Å². The molecule has 1 amide bonds. The predicted molar refractivity (Wildman–Crippen MR) is 50.3 cm³/mol. The minimum absolute atomic E-state index is 0.217. The monoisotopic (exact) mass is 258 g/mol. The molecule has 0 bridgehead atoms. The van der Waals surface area contributed by atoms with Crippen molar-refractivity contribution in [3.05, 3.63) is 0 Å². The van der Waals surface area contributed by atoms with Crippen molar-refractivity contribution in [2.45, 2.75) is 0 Å². The zero-order chi connectivity index (χ0) is 11.7. The highest BCUT2D eigenvalue weighted by molar-refractivity contribution is 7.92. The van der Waals surface area contributed by atoms with E-state index >= 15 is 0 Å². The standard InChI is InChI=1S/C5H10N2O6S2/c8-5(9)6-15(12,13)7-1-3-14(10,11)4-2-7/h6H,1-4H2,(H,8,9). The fourth-order valence-corrected chi connectivity index (χ4v) is 3.56. The fourth-order valence-electron chi connectivity index (χ4n) is 1.11. The number of carbonyl (C=O) groups is 1. The van der Waals surface area contributed by atoms with Gasteiger partial charge in [0.05, 0.1) is 11.5 Å². The molecular weight excluding hydrogens is 248 g/mol. The molecule has 8 nitrogen and oxygen atoms in total. The number of amides is 1. The lowest BCUT2D eigenvalue weighted by Gasteiger charge is -2.24. The SMILES string of the molecule is O=C(O)NS(=O)(=O)N1CCS(=O)(=O)CC1. The van der Waals surface area contributed by atoms with E-state index < -0.39 is 26.1 Å². The van der Waals surface area contributed by atoms with Crippen LogP contribution in [0.5, 0.6) is 0 Å². The van der Waals surface area contributed by atoms with Gasteiger partial charge in [0, 0.05) is 13.1 Å². The van der Waals surface area contributed by atoms with Crippen molar-refractivity contribution >= 4 is 26.1 Å². The van der Waals surface area contributed by atoms with Crippen LogP contribution in [0.25, 0.3) is 0 Å². The van der Waals surface area contributed by atoms with E-state index in [0.717, 1.165) is 4.31 Å². The fraction of sp³-hybridized carbons (Fsp3) is 0.800. The Labute approximate surface area is 87.0 Å². The second-order valence-corrected chi connectivity index (χ2v) is 6.94. The molecule has 0 atom stereocenters. The van der Waals surface area contributed by atoms with Crippen molar-refractivity contribution in [2.75, 3.05) is 24.6 Å². The molecule has 1 rings (SSSR count). The van der Waals surface area contributed by atoms with Crippen molar-refractivity contribution in [3.8, 4) is 0 Å². The molecule has 0 aliphatic carbocycles. The highest BCUT2D eigenvalue weighted by Crippen LogP contribution is 2.07. The molecular formula is C5H10N2O6S2. The first-order chi connectivity index (χ1) is 6.73. The first kappa shape index (κ1) is 12.2. The van der Waals surface area contributed by atoms with Gasteiger partial charge in [-0.25, -0.2) is 17.9 Å². The van der Waals surface area contributed by atoms with E-state index in [1.54, 1.807) is 0 Å². The van der Waals surface area contributed by atoms with Crippen molar-refractivity contribution in [1.82, 2.24) is 9.03 Å². The third-order valence-electron chi connectivity index (χ3n) is 1.86. The van der Waals surface area contributed by atoms with Gasteiger partial charge in [0.2, 0.25) is 0 Å². The van der Waals surface area contributed by atoms with Crippen molar-refractivity contribution in [3.63, 3.8) is 0 Å². The molecule has 1 aliphatic rings. The topological polar surface area (TPSA) is 121 Å². The lowest BCUT2D eigenvalue weighted by atomic mass is 10.6. The summed E-state index contributed by atoms with van der Waals surface area (Å²) in [6.07, 6.45) is -1.69. The predicted octanol–water partition coefficient (Wildman–Crippen LogP) is -1.77. The second-order valence-electron chi connectivity index (χ2n) is 2.96. The molecule has 1 fully saturated rings. The highest BCUT2D eigenvalue weighted by Gasteiger charge is 2.30. The van der Waals surface area contributed by atoms with Gasteiger partial charge in [-0.05, 0) is 0 Å². The van der Waals surface area contributed by atoms with Gasteiger partial charge in [-0.1, -0.05) is 0 Å². The Morgan fingerprint density at radius 1 is 1.27 bits per heavy atom.